The lowest BCUT2D eigenvalue weighted by Gasteiger charge is -2.39. The first-order chi connectivity index (χ1) is 18.3. The normalized spacial score (nSPS) is 24.8. The molecule has 0 radical (unpaired) electrons. The molecule has 0 spiro atoms. The SMILES string of the molecule is C=CC(=O)N1CCCC(NC(=O)c2sc3nccc4c3c2NC(=O)N4C2=CN[C@](C)(OC3CCC3)C=C2)C1. The Hall–Kier alpha value is -3.70. The number of anilines is 2. The van der Waals surface area contributed by atoms with Crippen molar-refractivity contribution in [1.82, 2.24) is 20.5 Å². The smallest absolute Gasteiger partial charge is 0.331 e. The Bertz CT molecular complexity index is 1400. The van der Waals surface area contributed by atoms with Gasteiger partial charge in [0.2, 0.25) is 5.91 Å². The maximum absolute atomic E-state index is 13.4. The minimum atomic E-state index is -0.627. The van der Waals surface area contributed by atoms with E-state index in [1.807, 2.05) is 19.1 Å². The Morgan fingerprint density at radius 3 is 2.87 bits per heavy atom. The number of amides is 4. The van der Waals surface area contributed by atoms with E-state index in [-0.39, 0.29) is 30.0 Å². The second kappa shape index (κ2) is 9.55. The van der Waals surface area contributed by atoms with Crippen LogP contribution in [0.3, 0.4) is 0 Å². The number of allylic oxidation sites excluding steroid dienone is 1. The largest absolute Gasteiger partial charge is 0.359 e. The zero-order valence-corrected chi connectivity index (χ0v) is 22.0. The first-order valence-corrected chi connectivity index (χ1v) is 13.8. The summed E-state index contributed by atoms with van der Waals surface area (Å²) in [5, 5.41) is 10.0. The number of dihydropyridines is 1. The molecule has 4 aliphatic rings. The van der Waals surface area contributed by atoms with Crippen LogP contribution >= 0.6 is 11.3 Å². The number of likely N-dealkylation sites (tertiary alicyclic amines) is 1. The molecule has 2 aromatic rings. The van der Waals surface area contributed by atoms with Crippen LogP contribution in [0.1, 0.15) is 48.7 Å². The van der Waals surface area contributed by atoms with E-state index in [2.05, 4.69) is 27.5 Å². The fraction of sp³-hybridized carbons (Fsp3) is 0.407. The topological polar surface area (TPSA) is 116 Å². The van der Waals surface area contributed by atoms with Crippen LogP contribution in [0.2, 0.25) is 0 Å². The predicted octanol–water partition coefficient (Wildman–Crippen LogP) is 3.84. The van der Waals surface area contributed by atoms with Crippen molar-refractivity contribution in [1.29, 1.82) is 0 Å². The Kier molecular flexibility index (Phi) is 6.19. The van der Waals surface area contributed by atoms with Crippen LogP contribution in [0.4, 0.5) is 16.2 Å². The van der Waals surface area contributed by atoms with Gasteiger partial charge in [-0.1, -0.05) is 6.58 Å². The summed E-state index contributed by atoms with van der Waals surface area (Å²) in [5.74, 6) is -0.430. The van der Waals surface area contributed by atoms with Gasteiger partial charge in [0.05, 0.1) is 28.6 Å². The number of piperidine rings is 1. The van der Waals surface area contributed by atoms with Gasteiger partial charge in [0.1, 0.15) is 9.71 Å². The number of pyridine rings is 1. The van der Waals surface area contributed by atoms with Crippen LogP contribution < -0.4 is 20.9 Å². The second-order valence-electron chi connectivity index (χ2n) is 10.2. The van der Waals surface area contributed by atoms with E-state index in [1.54, 1.807) is 28.3 Å². The van der Waals surface area contributed by atoms with E-state index < -0.39 is 5.72 Å². The first kappa shape index (κ1) is 24.6. The zero-order valence-electron chi connectivity index (χ0n) is 21.2. The molecule has 2 atom stereocenters. The minimum Gasteiger partial charge on any atom is -0.359 e. The van der Waals surface area contributed by atoms with Crippen molar-refractivity contribution < 1.29 is 19.1 Å². The number of carbonyl (C=O) groups excluding carboxylic acids is 3. The second-order valence-corrected chi connectivity index (χ2v) is 11.2. The molecule has 11 heteroatoms. The zero-order chi connectivity index (χ0) is 26.4. The highest BCUT2D eigenvalue weighted by Crippen LogP contribution is 2.45. The molecule has 0 bridgehead atoms. The quantitative estimate of drug-likeness (QED) is 0.485. The highest BCUT2D eigenvalue weighted by Gasteiger charge is 2.36. The third-order valence-corrected chi connectivity index (χ3v) is 8.59. The lowest BCUT2D eigenvalue weighted by molar-refractivity contribution is -0.127. The average Bonchev–Trinajstić information content (AvgIpc) is 3.27. The van der Waals surface area contributed by atoms with Crippen LogP contribution in [-0.2, 0) is 9.53 Å². The van der Waals surface area contributed by atoms with Crippen molar-refractivity contribution >= 4 is 50.8 Å². The number of carbonyl (C=O) groups is 3. The first-order valence-electron chi connectivity index (χ1n) is 12.9. The summed E-state index contributed by atoms with van der Waals surface area (Å²) in [7, 11) is 0. The lowest BCUT2D eigenvalue weighted by Crippen LogP contribution is -2.49. The van der Waals surface area contributed by atoms with Crippen molar-refractivity contribution in [3.05, 3.63) is 53.8 Å². The number of rotatable bonds is 6. The highest BCUT2D eigenvalue weighted by molar-refractivity contribution is 7.21. The molecule has 198 valence electrons. The van der Waals surface area contributed by atoms with Crippen molar-refractivity contribution in [2.75, 3.05) is 23.3 Å². The summed E-state index contributed by atoms with van der Waals surface area (Å²) < 4.78 is 6.17. The number of ether oxygens (including phenoxy) is 1. The molecule has 3 aliphatic heterocycles. The summed E-state index contributed by atoms with van der Waals surface area (Å²) >= 11 is 1.24. The third-order valence-electron chi connectivity index (χ3n) is 7.50. The molecule has 4 amide bonds. The van der Waals surface area contributed by atoms with Gasteiger partial charge >= 0.3 is 6.03 Å². The highest BCUT2D eigenvalue weighted by atomic mass is 32.1. The molecule has 0 aromatic carbocycles. The van der Waals surface area contributed by atoms with Crippen molar-refractivity contribution in [2.45, 2.75) is 56.9 Å². The molecule has 1 aliphatic carbocycles. The van der Waals surface area contributed by atoms with Crippen LogP contribution in [0, 0.1) is 0 Å². The number of hydrogen-bond acceptors (Lipinski definition) is 7. The van der Waals surface area contributed by atoms with Gasteiger partial charge in [-0.05, 0) is 63.3 Å². The molecule has 1 unspecified atom stereocenters. The molecule has 2 aromatic heterocycles. The van der Waals surface area contributed by atoms with Crippen LogP contribution in [0.5, 0.6) is 0 Å². The van der Waals surface area contributed by atoms with Crippen molar-refractivity contribution in [3.63, 3.8) is 0 Å². The molecule has 5 heterocycles. The molecular formula is C27H30N6O4S. The van der Waals surface area contributed by atoms with Gasteiger partial charge in [-0.2, -0.15) is 0 Å². The molecule has 2 fully saturated rings. The van der Waals surface area contributed by atoms with Gasteiger partial charge < -0.3 is 25.6 Å². The van der Waals surface area contributed by atoms with E-state index in [9.17, 15) is 14.4 Å². The van der Waals surface area contributed by atoms with Crippen molar-refractivity contribution in [2.24, 2.45) is 0 Å². The fourth-order valence-electron chi connectivity index (χ4n) is 5.28. The van der Waals surface area contributed by atoms with Gasteiger partial charge in [-0.15, -0.1) is 11.3 Å². The Morgan fingerprint density at radius 1 is 1.32 bits per heavy atom. The standard InChI is InChI=1S/C27H30N6O4S/c1-3-20(34)32-13-5-6-16(15-32)30-24(35)23-22-21-19(10-12-28-25(21)38-23)33(26(36)31-22)17-9-11-27(2,29-14-17)37-18-7-4-8-18/h3,9-12,14,16,18,29H,1,4-8,13,15H2,2H3,(H,30,35)(H,31,36)/t16?,27-/m1/s1. The van der Waals surface area contributed by atoms with Gasteiger partial charge in [-0.25, -0.2) is 9.78 Å². The summed E-state index contributed by atoms with van der Waals surface area (Å²) in [5.41, 5.74) is 1.15. The van der Waals surface area contributed by atoms with Gasteiger partial charge in [0.15, 0.2) is 5.72 Å². The average molecular weight is 535 g/mol. The summed E-state index contributed by atoms with van der Waals surface area (Å²) in [6, 6.07) is 1.24. The monoisotopic (exact) mass is 534 g/mol. The Labute approximate surface area is 224 Å². The molecule has 1 saturated carbocycles. The maximum atomic E-state index is 13.4. The van der Waals surface area contributed by atoms with E-state index in [1.165, 1.54) is 23.8 Å². The number of nitrogens with zero attached hydrogens (tertiary/aromatic N) is 3. The molecular weight excluding hydrogens is 504 g/mol. The molecule has 6 rings (SSSR count). The number of thiophene rings is 1. The predicted molar refractivity (Wildman–Crippen MR) is 146 cm³/mol. The van der Waals surface area contributed by atoms with Gasteiger partial charge in [-0.3, -0.25) is 14.5 Å². The Morgan fingerprint density at radius 2 is 2.16 bits per heavy atom. The Balaban J connectivity index is 1.25. The van der Waals surface area contributed by atoms with Crippen molar-refractivity contribution in [3.8, 4) is 0 Å². The van der Waals surface area contributed by atoms with E-state index in [4.69, 9.17) is 4.74 Å². The third kappa shape index (κ3) is 4.35. The summed E-state index contributed by atoms with van der Waals surface area (Å²) in [4.78, 5) is 47.6. The number of nitrogens with one attached hydrogen (secondary N) is 3. The molecule has 3 N–H and O–H groups in total. The summed E-state index contributed by atoms with van der Waals surface area (Å²) in [6.45, 7) is 6.60. The van der Waals surface area contributed by atoms with Crippen LogP contribution in [0.25, 0.3) is 10.2 Å². The molecule has 1 saturated heterocycles. The van der Waals surface area contributed by atoms with E-state index in [0.29, 0.717) is 39.9 Å². The fourth-order valence-corrected chi connectivity index (χ4v) is 6.30. The maximum Gasteiger partial charge on any atom is 0.331 e. The number of aromatic nitrogens is 1. The lowest BCUT2D eigenvalue weighted by atomic mass is 9.95. The number of hydrogen-bond donors (Lipinski definition) is 3. The van der Waals surface area contributed by atoms with Crippen LogP contribution in [0.15, 0.2) is 49.0 Å². The van der Waals surface area contributed by atoms with E-state index in [0.717, 1.165) is 31.1 Å². The van der Waals surface area contributed by atoms with Gasteiger partial charge in [0.25, 0.3) is 5.91 Å². The van der Waals surface area contributed by atoms with Gasteiger partial charge in [0, 0.05) is 31.5 Å². The number of urea groups is 1. The van der Waals surface area contributed by atoms with Crippen LogP contribution in [-0.4, -0.2) is 58.7 Å². The molecule has 38 heavy (non-hydrogen) atoms. The summed E-state index contributed by atoms with van der Waals surface area (Å²) in [6.07, 6.45) is 13.7. The minimum absolute atomic E-state index is 0.141. The van der Waals surface area contributed by atoms with E-state index >= 15 is 0 Å². The molecule has 10 nitrogen and oxygen atoms in total.